The largest absolute Gasteiger partial charge is 0.378 e. The van der Waals surface area contributed by atoms with Gasteiger partial charge in [-0.25, -0.2) is 0 Å². The second-order valence-corrected chi connectivity index (χ2v) is 8.15. The molecular formula is C16H24BrClN2. The molecule has 0 bridgehead atoms. The zero-order valence-electron chi connectivity index (χ0n) is 12.5. The Hall–Kier alpha value is -0.250. The molecule has 1 aromatic carbocycles. The second-order valence-electron chi connectivity index (χ2n) is 6.88. The maximum atomic E-state index is 6.13. The van der Waals surface area contributed by atoms with Crippen molar-refractivity contribution in [1.82, 2.24) is 0 Å². The van der Waals surface area contributed by atoms with E-state index in [2.05, 4.69) is 42.0 Å². The van der Waals surface area contributed by atoms with E-state index in [9.17, 15) is 0 Å². The molecule has 1 aliphatic carbocycles. The fourth-order valence-corrected chi connectivity index (χ4v) is 3.83. The number of nitrogens with two attached hydrogens (primary N) is 1. The van der Waals surface area contributed by atoms with Gasteiger partial charge < -0.3 is 11.1 Å². The van der Waals surface area contributed by atoms with Crippen LogP contribution in [0.2, 0.25) is 5.02 Å². The van der Waals surface area contributed by atoms with Gasteiger partial charge in [-0.1, -0.05) is 32.4 Å². The van der Waals surface area contributed by atoms with Crippen molar-refractivity contribution in [3.63, 3.8) is 0 Å². The predicted molar refractivity (Wildman–Crippen MR) is 91.4 cm³/mol. The average molecular weight is 360 g/mol. The van der Waals surface area contributed by atoms with Crippen LogP contribution < -0.4 is 11.1 Å². The van der Waals surface area contributed by atoms with Crippen molar-refractivity contribution in [2.45, 2.75) is 45.6 Å². The molecule has 0 aromatic heterocycles. The lowest BCUT2D eigenvalue weighted by Crippen LogP contribution is -2.55. The molecule has 2 nitrogen and oxygen atoms in total. The van der Waals surface area contributed by atoms with Crippen LogP contribution in [0.25, 0.3) is 0 Å². The van der Waals surface area contributed by atoms with Crippen LogP contribution in [-0.4, -0.2) is 12.1 Å². The maximum absolute atomic E-state index is 6.13. The molecule has 0 aliphatic heterocycles. The molecule has 3 N–H and O–H groups in total. The van der Waals surface area contributed by atoms with Gasteiger partial charge in [0.05, 0.1) is 10.6 Å². The minimum absolute atomic E-state index is 0.0111. The van der Waals surface area contributed by atoms with Crippen molar-refractivity contribution in [2.24, 2.45) is 17.1 Å². The van der Waals surface area contributed by atoms with Crippen molar-refractivity contribution < 1.29 is 0 Å². The third kappa shape index (κ3) is 3.32. The standard InChI is InChI=1S/C16H24BrClN2/c1-11-9-15(2,3)6-7-16(11,10-19)20-12-4-5-14(18)13(17)8-12/h4-5,8,11,20H,6-7,9-10,19H2,1-3H3. The van der Waals surface area contributed by atoms with E-state index in [0.717, 1.165) is 21.6 Å². The van der Waals surface area contributed by atoms with E-state index in [0.29, 0.717) is 17.9 Å². The summed E-state index contributed by atoms with van der Waals surface area (Å²) in [7, 11) is 0. The van der Waals surface area contributed by atoms with Gasteiger partial charge in [-0.3, -0.25) is 0 Å². The summed E-state index contributed by atoms with van der Waals surface area (Å²) in [6.07, 6.45) is 3.51. The van der Waals surface area contributed by atoms with Gasteiger partial charge in [0.25, 0.3) is 0 Å². The molecule has 0 saturated heterocycles. The van der Waals surface area contributed by atoms with Gasteiger partial charge in [-0.15, -0.1) is 0 Å². The lowest BCUT2D eigenvalue weighted by atomic mass is 9.63. The van der Waals surface area contributed by atoms with Crippen LogP contribution in [0, 0.1) is 11.3 Å². The molecule has 4 heteroatoms. The Kier molecular flexibility index (Phi) is 4.73. The third-order valence-electron chi connectivity index (χ3n) is 4.73. The number of rotatable bonds is 3. The SMILES string of the molecule is CC1CC(C)(C)CCC1(CN)Nc1ccc(Cl)c(Br)c1. The molecule has 0 heterocycles. The molecule has 0 amide bonds. The Labute approximate surface area is 135 Å². The van der Waals surface area contributed by atoms with Crippen LogP contribution in [-0.2, 0) is 0 Å². The molecule has 0 radical (unpaired) electrons. The molecule has 0 spiro atoms. The van der Waals surface area contributed by atoms with Crippen LogP contribution in [0.4, 0.5) is 5.69 Å². The molecule has 2 rings (SSSR count). The van der Waals surface area contributed by atoms with Crippen LogP contribution in [0.15, 0.2) is 22.7 Å². The highest BCUT2D eigenvalue weighted by atomic mass is 79.9. The van der Waals surface area contributed by atoms with Gasteiger partial charge in [0.1, 0.15) is 0 Å². The van der Waals surface area contributed by atoms with Crippen LogP contribution in [0.1, 0.15) is 40.0 Å². The molecule has 1 aliphatic rings. The molecule has 1 saturated carbocycles. The van der Waals surface area contributed by atoms with Crippen molar-refractivity contribution >= 4 is 33.2 Å². The number of nitrogens with one attached hydrogen (secondary N) is 1. The van der Waals surface area contributed by atoms with Crippen molar-refractivity contribution in [1.29, 1.82) is 0 Å². The Morgan fingerprint density at radius 1 is 1.40 bits per heavy atom. The van der Waals surface area contributed by atoms with E-state index in [1.165, 1.54) is 12.8 Å². The number of hydrogen-bond donors (Lipinski definition) is 2. The summed E-state index contributed by atoms with van der Waals surface area (Å²) in [5.41, 5.74) is 7.62. The van der Waals surface area contributed by atoms with Gasteiger partial charge in [0, 0.05) is 16.7 Å². The van der Waals surface area contributed by atoms with E-state index in [-0.39, 0.29) is 5.54 Å². The zero-order chi connectivity index (χ0) is 15.0. The lowest BCUT2D eigenvalue weighted by molar-refractivity contribution is 0.120. The Bertz CT molecular complexity index is 489. The fraction of sp³-hybridized carbons (Fsp3) is 0.625. The minimum atomic E-state index is -0.0111. The summed E-state index contributed by atoms with van der Waals surface area (Å²) in [6, 6.07) is 5.97. The monoisotopic (exact) mass is 358 g/mol. The maximum Gasteiger partial charge on any atom is 0.0549 e. The lowest BCUT2D eigenvalue weighted by Gasteiger charge is -2.49. The van der Waals surface area contributed by atoms with Crippen molar-refractivity contribution in [2.75, 3.05) is 11.9 Å². The van der Waals surface area contributed by atoms with Gasteiger partial charge in [0.15, 0.2) is 0 Å². The summed E-state index contributed by atoms with van der Waals surface area (Å²) in [5.74, 6) is 0.547. The van der Waals surface area contributed by atoms with Crippen molar-refractivity contribution in [3.05, 3.63) is 27.7 Å². The third-order valence-corrected chi connectivity index (χ3v) is 5.94. The van der Waals surface area contributed by atoms with Gasteiger partial charge in [-0.2, -0.15) is 0 Å². The first-order chi connectivity index (χ1) is 9.28. The normalized spacial score (nSPS) is 29.2. The van der Waals surface area contributed by atoms with Gasteiger partial charge in [0.2, 0.25) is 0 Å². The van der Waals surface area contributed by atoms with E-state index < -0.39 is 0 Å². The molecule has 1 aromatic rings. The highest BCUT2D eigenvalue weighted by Gasteiger charge is 2.42. The number of benzene rings is 1. The second kappa shape index (κ2) is 5.86. The highest BCUT2D eigenvalue weighted by molar-refractivity contribution is 9.10. The quantitative estimate of drug-likeness (QED) is 0.791. The first-order valence-electron chi connectivity index (χ1n) is 7.21. The van der Waals surface area contributed by atoms with Crippen LogP contribution >= 0.6 is 27.5 Å². The number of halogens is 2. The summed E-state index contributed by atoms with van der Waals surface area (Å²) in [5, 5.41) is 4.42. The van der Waals surface area contributed by atoms with E-state index in [1.807, 2.05) is 18.2 Å². The summed E-state index contributed by atoms with van der Waals surface area (Å²) in [6.45, 7) is 7.67. The Morgan fingerprint density at radius 2 is 2.10 bits per heavy atom. The van der Waals surface area contributed by atoms with E-state index in [1.54, 1.807) is 0 Å². The molecule has 2 unspecified atom stereocenters. The summed E-state index contributed by atoms with van der Waals surface area (Å²) < 4.78 is 0.917. The van der Waals surface area contributed by atoms with Gasteiger partial charge in [-0.05, 0) is 64.7 Å². The van der Waals surface area contributed by atoms with Crippen molar-refractivity contribution in [3.8, 4) is 0 Å². The molecule has 20 heavy (non-hydrogen) atoms. The number of hydrogen-bond acceptors (Lipinski definition) is 2. The highest BCUT2D eigenvalue weighted by Crippen LogP contribution is 2.45. The molecule has 2 atom stereocenters. The van der Waals surface area contributed by atoms with Crippen LogP contribution in [0.5, 0.6) is 0 Å². The van der Waals surface area contributed by atoms with Gasteiger partial charge >= 0.3 is 0 Å². The average Bonchev–Trinajstić information content (AvgIpc) is 2.37. The predicted octanol–water partition coefficient (Wildman–Crippen LogP) is 5.06. The topological polar surface area (TPSA) is 38.0 Å². The molecule has 112 valence electrons. The first kappa shape index (κ1) is 16.1. The number of anilines is 1. The summed E-state index contributed by atoms with van der Waals surface area (Å²) >= 11 is 9.54. The molecular weight excluding hydrogens is 336 g/mol. The van der Waals surface area contributed by atoms with Crippen LogP contribution in [0.3, 0.4) is 0 Å². The Morgan fingerprint density at radius 3 is 2.65 bits per heavy atom. The van der Waals surface area contributed by atoms with E-state index in [4.69, 9.17) is 17.3 Å². The molecule has 1 fully saturated rings. The minimum Gasteiger partial charge on any atom is -0.378 e. The van der Waals surface area contributed by atoms with E-state index >= 15 is 0 Å². The fourth-order valence-electron chi connectivity index (χ4n) is 3.34. The summed E-state index contributed by atoms with van der Waals surface area (Å²) in [4.78, 5) is 0. The Balaban J connectivity index is 2.21. The zero-order valence-corrected chi connectivity index (χ0v) is 14.8. The smallest absolute Gasteiger partial charge is 0.0549 e. The first-order valence-corrected chi connectivity index (χ1v) is 8.38.